The predicted molar refractivity (Wildman–Crippen MR) is 454 cm³/mol. The maximum atomic E-state index is 14.5. The van der Waals surface area contributed by atoms with Crippen molar-refractivity contribution < 1.29 is 101 Å². The molecule has 1 heterocycles. The molecule has 0 radical (unpaired) electrons. The molecular weight excluding hydrogens is 1600 g/mol. The van der Waals surface area contributed by atoms with Gasteiger partial charge in [0.15, 0.2) is 0 Å². The van der Waals surface area contributed by atoms with E-state index >= 15 is 0 Å². The Bertz CT molecular complexity index is 3840. The van der Waals surface area contributed by atoms with Crippen molar-refractivity contribution in [3.63, 3.8) is 0 Å². The van der Waals surface area contributed by atoms with Crippen molar-refractivity contribution in [2.75, 3.05) is 26.2 Å². The molecule has 20 amide bonds. The van der Waals surface area contributed by atoms with E-state index in [1.165, 1.54) is 116 Å². The van der Waals surface area contributed by atoms with Crippen LogP contribution in [0.4, 0.5) is 0 Å². The van der Waals surface area contributed by atoms with Gasteiger partial charge in [-0.3, -0.25) is 95.9 Å². The minimum atomic E-state index is -1.85. The van der Waals surface area contributed by atoms with Gasteiger partial charge in [-0.1, -0.05) is 69.2 Å². The van der Waals surface area contributed by atoms with Crippen LogP contribution in [0, 0.1) is 23.7 Å². The summed E-state index contributed by atoms with van der Waals surface area (Å²) in [6.07, 6.45) is -0.510. The molecule has 0 spiro atoms. The Kier molecular flexibility index (Phi) is 42.4. The second kappa shape index (κ2) is 47.3. The van der Waals surface area contributed by atoms with Crippen molar-refractivity contribution in [1.82, 2.24) is 95.3 Å². The van der Waals surface area contributed by atoms with E-state index in [2.05, 4.69) is 90.4 Å². The Morgan fingerprint density at radius 3 is 1.16 bits per heavy atom. The lowest BCUT2D eigenvalue weighted by Gasteiger charge is -2.37. The largest absolute Gasteiger partial charge is 0.394 e. The maximum absolute atomic E-state index is 14.5. The first kappa shape index (κ1) is 110. The standard InChI is InChI=1S/C82H144N20O21/c1-27-81(25,99-62(111)51(32-34-57(84)106)92-69(118)77(17,18)97-63(112)52(37-44(5)6)89-60(109)47(11)87-58(107)40-85-67(116)75(13,14)94-48(12)104)72(121)93-54(39-46(9)10)65(114)96-76(15,16)68(117)86-41-59(108)95-82(26,28-2)73(122)101-80(23,24)74(123)102-35-29-30-55(102)66(115)90-53(38-45(7)8)64(113)98-79(21,22)71(120)100-78(19,20)70(119)91-50(31-33-56(83)105)61(110)88-49(42-103)36-43(3)4/h43-47,49-55,103H,27-42H2,1-26H3,(H2,83,105)(H2,84,106)(H,85,116)(H,86,117)(H,87,107)(H,88,110)(H,89,109)(H,90,115)(H,91,119)(H,92,118)(H,93,121)(H,94,104)(H,95,108)(H,96,114)(H,97,112)(H,98,113)(H,99,111)(H,100,120)(H,101,122)/t47-,49-,50-,51-,52-,53-,54-,55+,81+,82+/m0/s1. The average molecular weight is 1750 g/mol. The first-order chi connectivity index (χ1) is 56.2. The predicted octanol–water partition coefficient (Wildman–Crippen LogP) is -2.71. The lowest BCUT2D eigenvalue weighted by atomic mass is 9.94. The van der Waals surface area contributed by atoms with Crippen LogP contribution < -0.4 is 102 Å². The molecular formula is C82H144N20O21. The van der Waals surface area contributed by atoms with Crippen LogP contribution >= 0.6 is 0 Å². The van der Waals surface area contributed by atoms with E-state index in [0.717, 1.165) is 0 Å². The van der Waals surface area contributed by atoms with Crippen LogP contribution in [-0.2, 0) is 95.9 Å². The molecule has 0 saturated carbocycles. The van der Waals surface area contributed by atoms with E-state index in [1.54, 1.807) is 55.4 Å². The van der Waals surface area contributed by atoms with E-state index in [0.29, 0.717) is 12.8 Å². The Labute approximate surface area is 722 Å². The Hall–Kier alpha value is -10.6. The van der Waals surface area contributed by atoms with Crippen molar-refractivity contribution in [2.45, 2.75) is 350 Å². The van der Waals surface area contributed by atoms with Crippen LogP contribution in [0.1, 0.15) is 257 Å². The zero-order chi connectivity index (χ0) is 95.4. The molecule has 0 aromatic rings. The van der Waals surface area contributed by atoms with E-state index in [-0.39, 0.29) is 81.6 Å². The van der Waals surface area contributed by atoms with Gasteiger partial charge in [-0.2, -0.15) is 0 Å². The van der Waals surface area contributed by atoms with Crippen molar-refractivity contribution in [3.8, 4) is 0 Å². The normalized spacial score (nSPS) is 15.9. The lowest BCUT2D eigenvalue weighted by Crippen LogP contribution is -2.66. The summed E-state index contributed by atoms with van der Waals surface area (Å²) in [5.74, 6) is -16.7. The van der Waals surface area contributed by atoms with Crippen LogP contribution in [0.15, 0.2) is 0 Å². The summed E-state index contributed by atoms with van der Waals surface area (Å²) in [5, 5.41) is 53.7. The van der Waals surface area contributed by atoms with E-state index in [9.17, 15) is 101 Å². The molecule has 1 aliphatic heterocycles. The molecule has 0 aromatic carbocycles. The number of nitrogens with two attached hydrogens (primary N) is 2. The number of rotatable bonds is 51. The zero-order valence-corrected chi connectivity index (χ0v) is 77.0. The molecule has 0 aromatic heterocycles. The van der Waals surface area contributed by atoms with E-state index in [1.807, 2.05) is 13.8 Å². The average Bonchev–Trinajstić information content (AvgIpc) is 1.73. The molecule has 0 bridgehead atoms. The highest BCUT2D eigenvalue weighted by Gasteiger charge is 2.48. The minimum absolute atomic E-state index is 0.0159. The summed E-state index contributed by atoms with van der Waals surface area (Å²) in [5.41, 5.74) is -2.98. The minimum Gasteiger partial charge on any atom is -0.394 e. The maximum Gasteiger partial charge on any atom is 0.248 e. The van der Waals surface area contributed by atoms with Gasteiger partial charge in [0.25, 0.3) is 0 Å². The number of hydrogen-bond acceptors (Lipinski definition) is 21. The van der Waals surface area contributed by atoms with Crippen LogP contribution in [-0.4, -0.2) is 247 Å². The number of carbonyl (C=O) groups excluding carboxylic acids is 20. The number of aliphatic hydroxyl groups excluding tert-OH is 1. The fourth-order valence-electron chi connectivity index (χ4n) is 12.7. The molecule has 698 valence electrons. The summed E-state index contributed by atoms with van der Waals surface area (Å²) in [7, 11) is 0. The number of primary amides is 2. The molecule has 1 fully saturated rings. The van der Waals surface area contributed by atoms with Gasteiger partial charge in [0.1, 0.15) is 86.6 Å². The van der Waals surface area contributed by atoms with Crippen LogP contribution in [0.3, 0.4) is 0 Å². The Morgan fingerprint density at radius 1 is 0.374 bits per heavy atom. The number of amides is 20. The highest BCUT2D eigenvalue weighted by atomic mass is 16.3. The molecule has 41 heteroatoms. The number of aliphatic hydroxyl groups is 1. The quantitative estimate of drug-likeness (QED) is 0.0294. The van der Waals surface area contributed by atoms with Gasteiger partial charge in [0.05, 0.1) is 25.7 Å². The fourth-order valence-corrected chi connectivity index (χ4v) is 12.7. The molecule has 0 aliphatic carbocycles. The molecule has 1 rings (SSSR count). The summed E-state index contributed by atoms with van der Waals surface area (Å²) in [4.78, 5) is 273. The third kappa shape index (κ3) is 36.4. The number of nitrogens with zero attached hydrogens (tertiary/aromatic N) is 1. The zero-order valence-electron chi connectivity index (χ0n) is 77.0. The molecule has 1 saturated heterocycles. The number of hydrogen-bond donors (Lipinski definition) is 20. The van der Waals surface area contributed by atoms with Gasteiger partial charge in [-0.15, -0.1) is 0 Å². The van der Waals surface area contributed by atoms with Gasteiger partial charge < -0.3 is 112 Å². The van der Waals surface area contributed by atoms with Gasteiger partial charge in [-0.25, -0.2) is 0 Å². The molecule has 41 nitrogen and oxygen atoms in total. The Morgan fingerprint density at radius 2 is 0.740 bits per heavy atom. The second-order valence-corrected chi connectivity index (χ2v) is 37.1. The summed E-state index contributed by atoms with van der Waals surface area (Å²) < 4.78 is 0. The van der Waals surface area contributed by atoms with Gasteiger partial charge in [-0.05, 0) is 192 Å². The summed E-state index contributed by atoms with van der Waals surface area (Å²) in [6, 6.07) is -9.84. The number of nitrogens with one attached hydrogen (secondary N) is 17. The third-order valence-corrected chi connectivity index (χ3v) is 20.6. The first-order valence-electron chi connectivity index (χ1n) is 41.9. The molecule has 123 heavy (non-hydrogen) atoms. The molecule has 0 unspecified atom stereocenters. The second-order valence-electron chi connectivity index (χ2n) is 37.1. The number of likely N-dealkylation sites (tertiary alicyclic amines) is 1. The van der Waals surface area contributed by atoms with Crippen LogP contribution in [0.25, 0.3) is 0 Å². The van der Waals surface area contributed by atoms with Crippen molar-refractivity contribution in [3.05, 3.63) is 0 Å². The van der Waals surface area contributed by atoms with Crippen LogP contribution in [0.5, 0.6) is 0 Å². The highest BCUT2D eigenvalue weighted by molar-refractivity contribution is 6.04. The smallest absolute Gasteiger partial charge is 0.248 e. The van der Waals surface area contributed by atoms with Crippen molar-refractivity contribution >= 4 is 118 Å². The highest BCUT2D eigenvalue weighted by Crippen LogP contribution is 2.25. The first-order valence-corrected chi connectivity index (χ1v) is 41.9. The monoisotopic (exact) mass is 1750 g/mol. The van der Waals surface area contributed by atoms with E-state index in [4.69, 9.17) is 11.5 Å². The lowest BCUT2D eigenvalue weighted by molar-refractivity contribution is -0.146. The summed E-state index contributed by atoms with van der Waals surface area (Å²) >= 11 is 0. The molecule has 10 atom stereocenters. The van der Waals surface area contributed by atoms with Gasteiger partial charge in [0.2, 0.25) is 118 Å². The van der Waals surface area contributed by atoms with Crippen molar-refractivity contribution in [1.29, 1.82) is 0 Å². The van der Waals surface area contributed by atoms with Crippen LogP contribution in [0.2, 0.25) is 0 Å². The van der Waals surface area contributed by atoms with Gasteiger partial charge in [0, 0.05) is 26.3 Å². The summed E-state index contributed by atoms with van der Waals surface area (Å²) in [6.45, 7) is 37.4. The SMILES string of the molecule is CC[C@@](C)(NC(=O)CNC(=O)C(C)(C)NC(=O)[C@H](CC(C)C)NC(=O)[C@@](C)(CC)NC(=O)[C@H](CCC(N)=O)NC(=O)C(C)(C)NC(=O)[C@H](CC(C)C)NC(=O)[C@H](C)NC(=O)CNC(=O)C(C)(C)NC(C)=O)C(=O)NC(C)(C)C(=O)N1CCC[C@@H]1C(=O)N[C@@H](CC(C)C)C(=O)NC(C)(C)C(=O)NC(C)(C)C(=O)N[C@@H](CCC(N)=O)C(=O)N[C@H](CO)CC(C)C. The fraction of sp³-hybridized carbons (Fsp3) is 0.756. The van der Waals surface area contributed by atoms with Crippen molar-refractivity contribution in [2.24, 2.45) is 35.1 Å². The molecule has 22 N–H and O–H groups in total. The Balaban J connectivity index is 3.26. The molecule has 1 aliphatic rings. The number of carbonyl (C=O) groups is 20. The third-order valence-electron chi connectivity index (χ3n) is 20.6. The van der Waals surface area contributed by atoms with Gasteiger partial charge >= 0.3 is 0 Å². The van der Waals surface area contributed by atoms with E-state index < -0.39 is 243 Å². The topological polar surface area (TPSA) is 621 Å².